The number of amides is 1. The van der Waals surface area contributed by atoms with Gasteiger partial charge in [0.2, 0.25) is 0 Å². The van der Waals surface area contributed by atoms with Crippen molar-refractivity contribution in [2.75, 3.05) is 7.11 Å². The molecule has 0 aromatic heterocycles. The summed E-state index contributed by atoms with van der Waals surface area (Å²) in [7, 11) is 1.57. The number of aliphatic hydroxyl groups is 1. The van der Waals surface area contributed by atoms with Crippen LogP contribution < -0.4 is 9.47 Å². The van der Waals surface area contributed by atoms with Gasteiger partial charge in [-0.3, -0.25) is 9.59 Å². The molecule has 0 aliphatic carbocycles. The molecule has 3 aromatic rings. The van der Waals surface area contributed by atoms with Crippen molar-refractivity contribution in [2.45, 2.75) is 58.7 Å². The number of Topliss-reactive ketones (excluding diaryl/α,β-unsaturated/α-hetero) is 1. The molecule has 1 amide bonds. The van der Waals surface area contributed by atoms with Gasteiger partial charge in [0.15, 0.2) is 0 Å². The third kappa shape index (κ3) is 5.44. The van der Waals surface area contributed by atoms with Gasteiger partial charge in [0.1, 0.15) is 17.3 Å². The summed E-state index contributed by atoms with van der Waals surface area (Å²) in [4.78, 5) is 28.4. The lowest BCUT2D eigenvalue weighted by Gasteiger charge is -2.27. The summed E-state index contributed by atoms with van der Waals surface area (Å²) in [5.74, 6) is -0.437. The number of nitrogens with zero attached hydrogens (tertiary/aromatic N) is 1. The van der Waals surface area contributed by atoms with Gasteiger partial charge in [-0.15, -0.1) is 0 Å². The van der Waals surface area contributed by atoms with Gasteiger partial charge in [-0.2, -0.15) is 0 Å². The van der Waals surface area contributed by atoms with Crippen LogP contribution >= 0.6 is 0 Å². The molecule has 1 aliphatic rings. The number of carbonyl (C=O) groups excluding carboxylic acids is 2. The Bertz CT molecular complexity index is 1370. The Morgan fingerprint density at radius 2 is 1.66 bits per heavy atom. The maximum absolute atomic E-state index is 13.5. The SMILES string of the molecule is COc1ccccc1CN1C(=O)C(=O)/C(=C(\O)c2cccc(OC(C)C)c2)C1c1ccc(C(C)(C)C)cc1. The minimum Gasteiger partial charge on any atom is -0.507 e. The van der Waals surface area contributed by atoms with Crippen LogP contribution in [0.2, 0.25) is 0 Å². The average molecular weight is 514 g/mol. The lowest BCUT2D eigenvalue weighted by atomic mass is 9.85. The molecule has 4 rings (SSSR count). The molecule has 1 fully saturated rings. The fourth-order valence-electron chi connectivity index (χ4n) is 4.72. The van der Waals surface area contributed by atoms with Gasteiger partial charge in [0.05, 0.1) is 31.4 Å². The second kappa shape index (κ2) is 10.7. The summed E-state index contributed by atoms with van der Waals surface area (Å²) in [6.07, 6.45) is -0.0554. The molecule has 0 bridgehead atoms. The third-order valence-electron chi connectivity index (χ3n) is 6.64. The van der Waals surface area contributed by atoms with Crippen molar-refractivity contribution in [2.24, 2.45) is 0 Å². The highest BCUT2D eigenvalue weighted by atomic mass is 16.5. The quantitative estimate of drug-likeness (QED) is 0.225. The summed E-state index contributed by atoms with van der Waals surface area (Å²) in [6.45, 7) is 10.4. The van der Waals surface area contributed by atoms with Crippen molar-refractivity contribution in [3.63, 3.8) is 0 Å². The first-order chi connectivity index (χ1) is 18.0. The molecule has 0 radical (unpaired) electrons. The lowest BCUT2D eigenvalue weighted by molar-refractivity contribution is -0.140. The topological polar surface area (TPSA) is 76.1 Å². The van der Waals surface area contributed by atoms with Crippen molar-refractivity contribution in [1.82, 2.24) is 4.90 Å². The van der Waals surface area contributed by atoms with E-state index in [2.05, 4.69) is 20.8 Å². The summed E-state index contributed by atoms with van der Waals surface area (Å²) >= 11 is 0. The Kier molecular flexibility index (Phi) is 7.63. The Labute approximate surface area is 224 Å². The minimum absolute atomic E-state index is 0.0510. The minimum atomic E-state index is -0.774. The maximum atomic E-state index is 13.5. The number of carbonyl (C=O) groups is 2. The molecule has 6 nitrogen and oxygen atoms in total. The van der Waals surface area contributed by atoms with E-state index in [1.807, 2.05) is 62.4 Å². The van der Waals surface area contributed by atoms with Crippen LogP contribution in [0.3, 0.4) is 0 Å². The second-order valence-corrected chi connectivity index (χ2v) is 10.8. The highest BCUT2D eigenvalue weighted by molar-refractivity contribution is 6.46. The Balaban J connectivity index is 1.86. The van der Waals surface area contributed by atoms with E-state index in [1.165, 1.54) is 4.90 Å². The monoisotopic (exact) mass is 513 g/mol. The highest BCUT2D eigenvalue weighted by Crippen LogP contribution is 2.41. The molecule has 38 heavy (non-hydrogen) atoms. The van der Waals surface area contributed by atoms with Crippen molar-refractivity contribution < 1.29 is 24.2 Å². The van der Waals surface area contributed by atoms with Gasteiger partial charge in [-0.05, 0) is 48.6 Å². The van der Waals surface area contributed by atoms with Gasteiger partial charge < -0.3 is 19.5 Å². The largest absolute Gasteiger partial charge is 0.507 e. The molecular formula is C32H35NO5. The number of hydrogen-bond donors (Lipinski definition) is 1. The summed E-state index contributed by atoms with van der Waals surface area (Å²) < 4.78 is 11.3. The van der Waals surface area contributed by atoms with Crippen molar-refractivity contribution in [1.29, 1.82) is 0 Å². The zero-order valence-corrected chi connectivity index (χ0v) is 22.8. The van der Waals surface area contributed by atoms with Crippen LogP contribution in [0.4, 0.5) is 0 Å². The van der Waals surface area contributed by atoms with Crippen LogP contribution in [-0.4, -0.2) is 34.9 Å². The van der Waals surface area contributed by atoms with Crippen LogP contribution in [0, 0.1) is 0 Å². The van der Waals surface area contributed by atoms with E-state index < -0.39 is 17.7 Å². The molecule has 0 spiro atoms. The van der Waals surface area contributed by atoms with Crippen LogP contribution in [0.5, 0.6) is 11.5 Å². The molecule has 1 aliphatic heterocycles. The number of rotatable bonds is 7. The third-order valence-corrected chi connectivity index (χ3v) is 6.64. The summed E-state index contributed by atoms with van der Waals surface area (Å²) in [6, 6.07) is 21.4. The van der Waals surface area contributed by atoms with Crippen molar-refractivity contribution in [3.05, 3.63) is 101 Å². The number of benzene rings is 3. The van der Waals surface area contributed by atoms with E-state index in [0.717, 1.165) is 16.7 Å². The van der Waals surface area contributed by atoms with Crippen LogP contribution in [-0.2, 0) is 21.5 Å². The number of hydrogen-bond acceptors (Lipinski definition) is 5. The molecule has 1 atom stereocenters. The van der Waals surface area contributed by atoms with Crippen molar-refractivity contribution in [3.8, 4) is 11.5 Å². The fourth-order valence-corrected chi connectivity index (χ4v) is 4.72. The zero-order valence-electron chi connectivity index (χ0n) is 22.8. The highest BCUT2D eigenvalue weighted by Gasteiger charge is 2.46. The van der Waals surface area contributed by atoms with E-state index in [9.17, 15) is 14.7 Å². The van der Waals surface area contributed by atoms with Crippen LogP contribution in [0.25, 0.3) is 5.76 Å². The van der Waals surface area contributed by atoms with E-state index in [1.54, 1.807) is 31.4 Å². The van der Waals surface area contributed by atoms with Crippen LogP contribution in [0.15, 0.2) is 78.4 Å². The van der Waals surface area contributed by atoms with Gasteiger partial charge >= 0.3 is 0 Å². The van der Waals surface area contributed by atoms with Crippen LogP contribution in [0.1, 0.15) is 62.9 Å². The molecule has 6 heteroatoms. The number of ketones is 1. The van der Waals surface area contributed by atoms with Gasteiger partial charge in [-0.1, -0.05) is 75.4 Å². The molecule has 3 aromatic carbocycles. The first kappa shape index (κ1) is 27.0. The molecule has 1 saturated heterocycles. The zero-order chi connectivity index (χ0) is 27.6. The average Bonchev–Trinajstić information content (AvgIpc) is 3.13. The Hall–Kier alpha value is -4.06. The maximum Gasteiger partial charge on any atom is 0.295 e. The number of aliphatic hydroxyl groups excluding tert-OH is 1. The van der Waals surface area contributed by atoms with E-state index in [-0.39, 0.29) is 29.4 Å². The molecular weight excluding hydrogens is 478 g/mol. The predicted molar refractivity (Wildman–Crippen MR) is 148 cm³/mol. The van der Waals surface area contributed by atoms with Gasteiger partial charge in [0.25, 0.3) is 11.7 Å². The number of ether oxygens (including phenoxy) is 2. The summed E-state index contributed by atoms with van der Waals surface area (Å²) in [5, 5.41) is 11.5. The van der Waals surface area contributed by atoms with Gasteiger partial charge in [-0.25, -0.2) is 0 Å². The van der Waals surface area contributed by atoms with E-state index >= 15 is 0 Å². The van der Waals surface area contributed by atoms with E-state index in [4.69, 9.17) is 9.47 Å². The second-order valence-electron chi connectivity index (χ2n) is 10.8. The number of para-hydroxylation sites is 1. The predicted octanol–water partition coefficient (Wildman–Crippen LogP) is 6.40. The van der Waals surface area contributed by atoms with Gasteiger partial charge in [0, 0.05) is 11.1 Å². The molecule has 1 heterocycles. The van der Waals surface area contributed by atoms with Crippen molar-refractivity contribution >= 4 is 17.4 Å². The van der Waals surface area contributed by atoms with E-state index in [0.29, 0.717) is 17.1 Å². The first-order valence-electron chi connectivity index (χ1n) is 12.8. The molecule has 0 saturated carbocycles. The fraction of sp³-hybridized carbons (Fsp3) is 0.312. The molecule has 1 N–H and O–H groups in total. The first-order valence-corrected chi connectivity index (χ1v) is 12.8. The molecule has 198 valence electrons. The Morgan fingerprint density at radius 1 is 0.974 bits per heavy atom. The lowest BCUT2D eigenvalue weighted by Crippen LogP contribution is -2.29. The Morgan fingerprint density at radius 3 is 2.29 bits per heavy atom. The summed E-state index contributed by atoms with van der Waals surface area (Å²) in [5.41, 5.74) is 3.03. The standard InChI is InChI=1S/C32H35NO5/c1-20(2)38-25-12-9-11-22(18-25)29(34)27-28(21-14-16-24(17-15-21)32(3,4)5)33(31(36)30(27)35)19-23-10-7-8-13-26(23)37-6/h7-18,20,28,34H,19H2,1-6H3/b29-27-. The molecule has 1 unspecified atom stereocenters. The normalized spacial score (nSPS) is 17.2. The smallest absolute Gasteiger partial charge is 0.295 e. The number of likely N-dealkylation sites (tertiary alicyclic amines) is 1. The number of methoxy groups -OCH3 is 1.